The van der Waals surface area contributed by atoms with Gasteiger partial charge in [0.2, 0.25) is 0 Å². The highest BCUT2D eigenvalue weighted by Gasteiger charge is 2.18. The Kier molecular flexibility index (Phi) is 3.90. The van der Waals surface area contributed by atoms with Crippen LogP contribution in [0, 0.1) is 5.92 Å². The molecule has 88 valence electrons. The van der Waals surface area contributed by atoms with E-state index >= 15 is 0 Å². The number of hydrogen-bond acceptors (Lipinski definition) is 5. The first kappa shape index (κ1) is 11.5. The second-order valence-corrected chi connectivity index (χ2v) is 4.99. The van der Waals surface area contributed by atoms with Crippen LogP contribution in [0.15, 0.2) is 5.38 Å². The van der Waals surface area contributed by atoms with E-state index in [1.54, 1.807) is 5.38 Å². The lowest BCUT2D eigenvalue weighted by molar-refractivity contribution is 0.0458. The maximum Gasteiger partial charge on any atom is 0.357 e. The first-order valence-corrected chi connectivity index (χ1v) is 6.49. The molecule has 1 heterocycles. The van der Waals surface area contributed by atoms with Gasteiger partial charge in [0, 0.05) is 11.9 Å². The molecular weight excluding hydrogens is 224 g/mol. The van der Waals surface area contributed by atoms with Crippen molar-refractivity contribution in [1.29, 1.82) is 0 Å². The Bertz CT molecular complexity index is 361. The normalized spacial score (nSPS) is 15.8. The summed E-state index contributed by atoms with van der Waals surface area (Å²) in [6, 6.07) is 0. The van der Waals surface area contributed by atoms with Crippen LogP contribution in [0.25, 0.3) is 0 Å². The molecule has 2 N–H and O–H groups in total. The minimum absolute atomic E-state index is 0.324. The van der Waals surface area contributed by atoms with E-state index in [0.29, 0.717) is 18.8 Å². The van der Waals surface area contributed by atoms with E-state index in [1.807, 2.05) is 0 Å². The fourth-order valence-corrected chi connectivity index (χ4v) is 2.32. The van der Waals surface area contributed by atoms with Crippen molar-refractivity contribution < 1.29 is 9.53 Å². The van der Waals surface area contributed by atoms with Crippen LogP contribution in [0.2, 0.25) is 0 Å². The average molecular weight is 240 g/mol. The Morgan fingerprint density at radius 3 is 3.00 bits per heavy atom. The number of nitrogens with zero attached hydrogens (tertiary/aromatic N) is 1. The summed E-state index contributed by atoms with van der Waals surface area (Å²) >= 11 is 1.40. The molecule has 1 saturated carbocycles. The zero-order valence-electron chi connectivity index (χ0n) is 9.15. The molecule has 4 nitrogen and oxygen atoms in total. The fourth-order valence-electron chi connectivity index (χ4n) is 1.67. The third-order valence-electron chi connectivity index (χ3n) is 2.92. The van der Waals surface area contributed by atoms with Gasteiger partial charge in [-0.25, -0.2) is 9.78 Å². The molecule has 0 spiro atoms. The van der Waals surface area contributed by atoms with Crippen LogP contribution in [0.5, 0.6) is 0 Å². The van der Waals surface area contributed by atoms with Gasteiger partial charge in [-0.2, -0.15) is 0 Å². The molecule has 0 saturated heterocycles. The number of carbonyl (C=O) groups is 1. The molecule has 16 heavy (non-hydrogen) atoms. The number of thiazole rings is 1. The summed E-state index contributed by atoms with van der Waals surface area (Å²) in [4.78, 5) is 15.6. The molecule has 0 radical (unpaired) electrons. The summed E-state index contributed by atoms with van der Waals surface area (Å²) in [6.45, 7) is 0.888. The molecule has 0 atom stereocenters. The van der Waals surface area contributed by atoms with Crippen molar-refractivity contribution in [2.45, 2.75) is 32.2 Å². The van der Waals surface area contributed by atoms with Gasteiger partial charge in [-0.05, 0) is 12.3 Å². The third kappa shape index (κ3) is 2.80. The minimum Gasteiger partial charge on any atom is -0.461 e. The van der Waals surface area contributed by atoms with Crippen molar-refractivity contribution in [3.63, 3.8) is 0 Å². The van der Waals surface area contributed by atoms with E-state index in [9.17, 15) is 4.79 Å². The third-order valence-corrected chi connectivity index (χ3v) is 3.79. The van der Waals surface area contributed by atoms with E-state index < -0.39 is 0 Å². The van der Waals surface area contributed by atoms with Crippen LogP contribution in [-0.2, 0) is 11.3 Å². The Morgan fingerprint density at radius 1 is 1.62 bits per heavy atom. The Hall–Kier alpha value is -0.940. The van der Waals surface area contributed by atoms with E-state index in [0.717, 1.165) is 17.3 Å². The Morgan fingerprint density at radius 2 is 2.44 bits per heavy atom. The van der Waals surface area contributed by atoms with Gasteiger partial charge in [0.15, 0.2) is 5.69 Å². The maximum atomic E-state index is 11.5. The smallest absolute Gasteiger partial charge is 0.357 e. The number of rotatable bonds is 5. The summed E-state index contributed by atoms with van der Waals surface area (Å²) in [5, 5.41) is 2.47. The molecule has 0 unspecified atom stereocenters. The van der Waals surface area contributed by atoms with Gasteiger partial charge in [0.1, 0.15) is 5.01 Å². The standard InChI is InChI=1S/C11H16N2O2S/c12-6-10-13-9(7-16-10)11(14)15-5-4-8-2-1-3-8/h7-8H,1-6,12H2. The van der Waals surface area contributed by atoms with E-state index in [2.05, 4.69) is 4.98 Å². The lowest BCUT2D eigenvalue weighted by Crippen LogP contribution is -2.15. The van der Waals surface area contributed by atoms with Crippen LogP contribution in [0.3, 0.4) is 0 Å². The average Bonchev–Trinajstić information content (AvgIpc) is 2.69. The molecule has 1 aliphatic carbocycles. The van der Waals surface area contributed by atoms with E-state index in [-0.39, 0.29) is 5.97 Å². The number of aromatic nitrogens is 1. The van der Waals surface area contributed by atoms with Gasteiger partial charge in [-0.1, -0.05) is 19.3 Å². The molecule has 1 aromatic heterocycles. The van der Waals surface area contributed by atoms with Gasteiger partial charge in [-0.15, -0.1) is 11.3 Å². The molecular formula is C11H16N2O2S. The molecule has 1 aliphatic rings. The van der Waals surface area contributed by atoms with Crippen molar-refractivity contribution in [3.05, 3.63) is 16.1 Å². The molecule has 0 aliphatic heterocycles. The molecule has 2 rings (SSSR count). The predicted molar refractivity (Wildman–Crippen MR) is 62.2 cm³/mol. The second-order valence-electron chi connectivity index (χ2n) is 4.05. The number of esters is 1. The lowest BCUT2D eigenvalue weighted by Gasteiger charge is -2.24. The van der Waals surface area contributed by atoms with Crippen molar-refractivity contribution >= 4 is 17.3 Å². The molecule has 1 fully saturated rings. The van der Waals surface area contributed by atoms with Crippen molar-refractivity contribution in [2.24, 2.45) is 11.7 Å². The number of hydrogen-bond donors (Lipinski definition) is 1. The number of ether oxygens (including phenoxy) is 1. The maximum absolute atomic E-state index is 11.5. The molecule has 0 bridgehead atoms. The predicted octanol–water partition coefficient (Wildman–Crippen LogP) is 1.95. The quantitative estimate of drug-likeness (QED) is 0.799. The summed E-state index contributed by atoms with van der Waals surface area (Å²) in [5.41, 5.74) is 5.81. The first-order valence-electron chi connectivity index (χ1n) is 5.61. The SMILES string of the molecule is NCc1nc(C(=O)OCCC2CCC2)cs1. The summed E-state index contributed by atoms with van der Waals surface area (Å²) in [5.74, 6) is 0.443. The highest BCUT2D eigenvalue weighted by molar-refractivity contribution is 7.09. The molecule has 0 amide bonds. The highest BCUT2D eigenvalue weighted by atomic mass is 32.1. The van der Waals surface area contributed by atoms with Gasteiger partial charge in [-0.3, -0.25) is 0 Å². The van der Waals surface area contributed by atoms with Crippen LogP contribution < -0.4 is 5.73 Å². The van der Waals surface area contributed by atoms with Crippen molar-refractivity contribution in [3.8, 4) is 0 Å². The lowest BCUT2D eigenvalue weighted by atomic mass is 9.83. The Balaban J connectivity index is 1.73. The highest BCUT2D eigenvalue weighted by Crippen LogP contribution is 2.29. The van der Waals surface area contributed by atoms with Crippen LogP contribution >= 0.6 is 11.3 Å². The summed E-state index contributed by atoms with van der Waals surface area (Å²) < 4.78 is 5.16. The van der Waals surface area contributed by atoms with E-state index in [1.165, 1.54) is 30.6 Å². The Labute approximate surface area is 98.8 Å². The van der Waals surface area contributed by atoms with Gasteiger partial charge < -0.3 is 10.5 Å². The summed E-state index contributed by atoms with van der Waals surface area (Å²) in [6.07, 6.45) is 4.88. The second kappa shape index (κ2) is 5.41. The monoisotopic (exact) mass is 240 g/mol. The van der Waals surface area contributed by atoms with Crippen LogP contribution in [0.1, 0.15) is 41.2 Å². The number of carbonyl (C=O) groups excluding carboxylic acids is 1. The number of nitrogens with two attached hydrogens (primary N) is 1. The van der Waals surface area contributed by atoms with Gasteiger partial charge in [0.05, 0.1) is 6.61 Å². The molecule has 1 aromatic rings. The van der Waals surface area contributed by atoms with Crippen LogP contribution in [0.4, 0.5) is 0 Å². The minimum atomic E-state index is -0.324. The van der Waals surface area contributed by atoms with Crippen LogP contribution in [-0.4, -0.2) is 17.6 Å². The largest absolute Gasteiger partial charge is 0.461 e. The summed E-state index contributed by atoms with van der Waals surface area (Å²) in [7, 11) is 0. The first-order chi connectivity index (χ1) is 7.79. The zero-order chi connectivity index (χ0) is 11.4. The van der Waals surface area contributed by atoms with Crippen molar-refractivity contribution in [1.82, 2.24) is 4.98 Å². The van der Waals surface area contributed by atoms with E-state index in [4.69, 9.17) is 10.5 Å². The van der Waals surface area contributed by atoms with Crippen molar-refractivity contribution in [2.75, 3.05) is 6.61 Å². The topological polar surface area (TPSA) is 65.2 Å². The molecule has 5 heteroatoms. The fraction of sp³-hybridized carbons (Fsp3) is 0.636. The van der Waals surface area contributed by atoms with Gasteiger partial charge in [0.25, 0.3) is 0 Å². The molecule has 0 aromatic carbocycles. The van der Waals surface area contributed by atoms with Gasteiger partial charge >= 0.3 is 5.97 Å². The zero-order valence-corrected chi connectivity index (χ0v) is 9.96.